The van der Waals surface area contributed by atoms with E-state index in [0.717, 1.165) is 11.3 Å². The lowest BCUT2D eigenvalue weighted by Crippen LogP contribution is -2.28. The largest absolute Gasteiger partial charge is 0.478 e. The van der Waals surface area contributed by atoms with Gasteiger partial charge in [-0.3, -0.25) is 14.2 Å². The van der Waals surface area contributed by atoms with Gasteiger partial charge in [0.25, 0.3) is 5.91 Å². The second-order valence-corrected chi connectivity index (χ2v) is 4.91. The first-order valence-electron chi connectivity index (χ1n) is 6.37. The smallest absolute Gasteiger partial charge is 0.339 e. The second-order valence-electron chi connectivity index (χ2n) is 4.91. The molecule has 2 rings (SSSR count). The van der Waals surface area contributed by atoms with Gasteiger partial charge in [-0.2, -0.15) is 10.2 Å². The first kappa shape index (κ1) is 14.8. The van der Waals surface area contributed by atoms with Crippen molar-refractivity contribution < 1.29 is 14.7 Å². The minimum atomic E-state index is -1.18. The maximum Gasteiger partial charge on any atom is 0.339 e. The van der Waals surface area contributed by atoms with Gasteiger partial charge in [0.1, 0.15) is 5.56 Å². The predicted octanol–water partition coefficient (Wildman–Crippen LogP) is 0.651. The number of carbonyl (C=O) groups excluding carboxylic acids is 1. The minimum absolute atomic E-state index is 0.0987. The van der Waals surface area contributed by atoms with Gasteiger partial charge in [0.05, 0.1) is 11.7 Å². The van der Waals surface area contributed by atoms with E-state index in [1.807, 2.05) is 20.0 Å². The van der Waals surface area contributed by atoms with Crippen LogP contribution in [-0.2, 0) is 14.1 Å². The average Bonchev–Trinajstić information content (AvgIpc) is 2.92. The summed E-state index contributed by atoms with van der Waals surface area (Å²) in [6.45, 7) is 3.66. The van der Waals surface area contributed by atoms with Crippen molar-refractivity contribution in [1.82, 2.24) is 24.9 Å². The SMILES string of the molecule is Cc1nn(C)cc1C(C)NC(=O)c1nn(C)cc1C(=O)O. The number of carbonyl (C=O) groups is 2. The van der Waals surface area contributed by atoms with Crippen LogP contribution in [0.25, 0.3) is 0 Å². The number of rotatable bonds is 4. The normalized spacial score (nSPS) is 12.2. The first-order valence-corrected chi connectivity index (χ1v) is 6.37. The highest BCUT2D eigenvalue weighted by Gasteiger charge is 2.23. The summed E-state index contributed by atoms with van der Waals surface area (Å²) in [6, 6.07) is -0.296. The molecule has 112 valence electrons. The van der Waals surface area contributed by atoms with Crippen LogP contribution in [0.3, 0.4) is 0 Å². The highest BCUT2D eigenvalue weighted by Crippen LogP contribution is 2.16. The van der Waals surface area contributed by atoms with Crippen LogP contribution in [0.5, 0.6) is 0 Å². The number of carboxylic acid groups (broad SMARTS) is 1. The van der Waals surface area contributed by atoms with E-state index in [1.54, 1.807) is 18.8 Å². The zero-order valence-electron chi connectivity index (χ0n) is 12.3. The molecule has 21 heavy (non-hydrogen) atoms. The van der Waals surface area contributed by atoms with Gasteiger partial charge < -0.3 is 10.4 Å². The van der Waals surface area contributed by atoms with Crippen LogP contribution in [0.4, 0.5) is 0 Å². The van der Waals surface area contributed by atoms with Crippen LogP contribution in [0.15, 0.2) is 12.4 Å². The van der Waals surface area contributed by atoms with Gasteiger partial charge >= 0.3 is 5.97 Å². The molecule has 2 aromatic heterocycles. The van der Waals surface area contributed by atoms with Crippen molar-refractivity contribution in [2.45, 2.75) is 19.9 Å². The fraction of sp³-hybridized carbons (Fsp3) is 0.385. The van der Waals surface area contributed by atoms with Gasteiger partial charge in [-0.05, 0) is 13.8 Å². The fourth-order valence-corrected chi connectivity index (χ4v) is 2.20. The number of aryl methyl sites for hydroxylation is 3. The third kappa shape index (κ3) is 2.93. The molecular weight excluding hydrogens is 274 g/mol. The molecule has 1 amide bonds. The maximum atomic E-state index is 12.2. The molecule has 0 saturated carbocycles. The molecule has 1 atom stereocenters. The average molecular weight is 291 g/mol. The van der Waals surface area contributed by atoms with Crippen molar-refractivity contribution in [3.05, 3.63) is 34.9 Å². The van der Waals surface area contributed by atoms with Crippen molar-refractivity contribution in [3.8, 4) is 0 Å². The number of carboxylic acids is 1. The van der Waals surface area contributed by atoms with Crippen LogP contribution in [0.1, 0.15) is 45.1 Å². The Morgan fingerprint density at radius 2 is 1.86 bits per heavy atom. The van der Waals surface area contributed by atoms with E-state index in [1.165, 1.54) is 10.9 Å². The van der Waals surface area contributed by atoms with E-state index in [2.05, 4.69) is 15.5 Å². The van der Waals surface area contributed by atoms with Crippen LogP contribution in [-0.4, -0.2) is 36.5 Å². The van der Waals surface area contributed by atoms with E-state index in [0.29, 0.717) is 0 Å². The molecule has 0 aliphatic heterocycles. The van der Waals surface area contributed by atoms with Gasteiger partial charge in [-0.15, -0.1) is 0 Å². The monoisotopic (exact) mass is 291 g/mol. The molecule has 0 saturated heterocycles. The first-order chi connectivity index (χ1) is 9.79. The number of hydrogen-bond donors (Lipinski definition) is 2. The molecule has 0 bridgehead atoms. The zero-order valence-corrected chi connectivity index (χ0v) is 12.3. The lowest BCUT2D eigenvalue weighted by atomic mass is 10.1. The van der Waals surface area contributed by atoms with Gasteiger partial charge in [-0.25, -0.2) is 4.79 Å². The highest BCUT2D eigenvalue weighted by molar-refractivity contribution is 6.03. The Balaban J connectivity index is 2.22. The molecule has 8 nitrogen and oxygen atoms in total. The molecule has 0 aromatic carbocycles. The molecule has 0 aliphatic rings. The summed E-state index contributed by atoms with van der Waals surface area (Å²) < 4.78 is 2.97. The van der Waals surface area contributed by atoms with Gasteiger partial charge in [0, 0.05) is 32.1 Å². The Labute approximate surface area is 121 Å². The molecule has 0 spiro atoms. The third-order valence-electron chi connectivity index (χ3n) is 3.14. The minimum Gasteiger partial charge on any atom is -0.478 e. The molecule has 0 aliphatic carbocycles. The number of aromatic nitrogens is 4. The Kier molecular flexibility index (Phi) is 3.79. The molecule has 8 heteroatoms. The van der Waals surface area contributed by atoms with E-state index >= 15 is 0 Å². The number of nitrogens with one attached hydrogen (secondary N) is 1. The van der Waals surface area contributed by atoms with Crippen LogP contribution in [0.2, 0.25) is 0 Å². The summed E-state index contributed by atoms with van der Waals surface area (Å²) in [7, 11) is 3.37. The van der Waals surface area contributed by atoms with Gasteiger partial charge in [0.15, 0.2) is 5.69 Å². The summed E-state index contributed by atoms with van der Waals surface area (Å²) >= 11 is 0. The Bertz CT molecular complexity index is 701. The van der Waals surface area contributed by atoms with Crippen molar-refractivity contribution in [3.63, 3.8) is 0 Å². The van der Waals surface area contributed by atoms with Crippen molar-refractivity contribution >= 4 is 11.9 Å². The molecule has 2 heterocycles. The second kappa shape index (κ2) is 5.39. The molecule has 0 fully saturated rings. The lowest BCUT2D eigenvalue weighted by molar-refractivity contribution is 0.0690. The highest BCUT2D eigenvalue weighted by atomic mass is 16.4. The van der Waals surface area contributed by atoms with Crippen molar-refractivity contribution in [1.29, 1.82) is 0 Å². The number of aromatic carboxylic acids is 1. The van der Waals surface area contributed by atoms with E-state index in [9.17, 15) is 9.59 Å². The molecule has 1 unspecified atom stereocenters. The topological polar surface area (TPSA) is 102 Å². The third-order valence-corrected chi connectivity index (χ3v) is 3.14. The van der Waals surface area contributed by atoms with Gasteiger partial charge in [0.2, 0.25) is 0 Å². The summed E-state index contributed by atoms with van der Waals surface area (Å²) in [5.74, 6) is -1.71. The van der Waals surface area contributed by atoms with E-state index in [4.69, 9.17) is 5.11 Å². The summed E-state index contributed by atoms with van der Waals surface area (Å²) in [5.41, 5.74) is 1.46. The predicted molar refractivity (Wildman–Crippen MR) is 74.0 cm³/mol. The standard InChI is InChI=1S/C13H17N5O3/c1-7(9-5-17(3)15-8(9)2)14-12(19)11-10(13(20)21)6-18(4)16-11/h5-7H,1-4H3,(H,14,19)(H,20,21). The maximum absolute atomic E-state index is 12.2. The number of hydrogen-bond acceptors (Lipinski definition) is 4. The molecule has 0 radical (unpaired) electrons. The Morgan fingerprint density at radius 1 is 1.24 bits per heavy atom. The van der Waals surface area contributed by atoms with Crippen LogP contribution < -0.4 is 5.32 Å². The van der Waals surface area contributed by atoms with E-state index < -0.39 is 11.9 Å². The Morgan fingerprint density at radius 3 is 2.38 bits per heavy atom. The van der Waals surface area contributed by atoms with Crippen molar-refractivity contribution in [2.24, 2.45) is 14.1 Å². The summed E-state index contributed by atoms with van der Waals surface area (Å²) in [6.07, 6.45) is 3.12. The van der Waals surface area contributed by atoms with Crippen molar-refractivity contribution in [2.75, 3.05) is 0 Å². The molecule has 2 aromatic rings. The molecular formula is C13H17N5O3. The fourth-order valence-electron chi connectivity index (χ4n) is 2.20. The summed E-state index contributed by atoms with van der Waals surface area (Å²) in [4.78, 5) is 23.3. The molecule has 2 N–H and O–H groups in total. The quantitative estimate of drug-likeness (QED) is 0.861. The van der Waals surface area contributed by atoms with Crippen LogP contribution >= 0.6 is 0 Å². The lowest BCUT2D eigenvalue weighted by Gasteiger charge is -2.12. The summed E-state index contributed by atoms with van der Waals surface area (Å²) in [5, 5.41) is 19.9. The van der Waals surface area contributed by atoms with Gasteiger partial charge in [-0.1, -0.05) is 0 Å². The zero-order chi connectivity index (χ0) is 15.7. The number of nitrogens with zero attached hydrogens (tertiary/aromatic N) is 4. The van der Waals surface area contributed by atoms with E-state index in [-0.39, 0.29) is 17.3 Å². The Hall–Kier alpha value is -2.64. The number of amides is 1. The van der Waals surface area contributed by atoms with Crippen LogP contribution in [0, 0.1) is 6.92 Å².